The summed E-state index contributed by atoms with van der Waals surface area (Å²) in [7, 11) is -4.28. The Morgan fingerprint density at radius 3 is 2.27 bits per heavy atom. The Labute approximate surface area is 91.3 Å². The van der Waals surface area contributed by atoms with Crippen LogP contribution in [0.5, 0.6) is 0 Å². The van der Waals surface area contributed by atoms with Crippen LogP contribution in [0.4, 0.5) is 0 Å². The van der Waals surface area contributed by atoms with Crippen molar-refractivity contribution in [3.8, 4) is 0 Å². The smallest absolute Gasteiger partial charge is 0.303 e. The van der Waals surface area contributed by atoms with Crippen molar-refractivity contribution < 1.29 is 18.9 Å². The van der Waals surface area contributed by atoms with Gasteiger partial charge in [-0.1, -0.05) is 26.7 Å². The fourth-order valence-corrected chi connectivity index (χ4v) is 2.95. The Morgan fingerprint density at radius 1 is 1.20 bits per heavy atom. The molecule has 0 bridgehead atoms. The highest BCUT2D eigenvalue weighted by Crippen LogP contribution is 2.43. The first-order valence-corrected chi connectivity index (χ1v) is 7.19. The summed E-state index contributed by atoms with van der Waals surface area (Å²) in [6.07, 6.45) is 4.46. The van der Waals surface area contributed by atoms with E-state index in [0.717, 1.165) is 19.3 Å². The molecular weight excluding hydrogens is 215 g/mol. The molecule has 2 N–H and O–H groups in total. The highest BCUT2D eigenvalue weighted by Gasteiger charge is 2.33. The molecule has 0 heterocycles. The summed E-state index contributed by atoms with van der Waals surface area (Å²) in [4.78, 5) is 17.3. The van der Waals surface area contributed by atoms with Crippen molar-refractivity contribution in [1.29, 1.82) is 0 Å². The van der Waals surface area contributed by atoms with E-state index < -0.39 is 7.82 Å². The van der Waals surface area contributed by atoms with E-state index in [-0.39, 0.29) is 6.61 Å². The number of hydrogen-bond acceptors (Lipinski definition) is 2. The number of rotatable bonds is 5. The molecule has 3 unspecified atom stereocenters. The van der Waals surface area contributed by atoms with Gasteiger partial charge in [0.1, 0.15) is 0 Å². The molecule has 0 radical (unpaired) electrons. The Bertz CT molecular complexity index is 238. The molecular formula is C10H21O4P. The molecule has 15 heavy (non-hydrogen) atoms. The summed E-state index contributed by atoms with van der Waals surface area (Å²) < 4.78 is 15.2. The van der Waals surface area contributed by atoms with E-state index in [1.807, 2.05) is 0 Å². The molecule has 0 spiro atoms. The van der Waals surface area contributed by atoms with E-state index >= 15 is 0 Å². The molecule has 1 fully saturated rings. The third kappa shape index (κ3) is 4.23. The monoisotopic (exact) mass is 236 g/mol. The summed E-state index contributed by atoms with van der Waals surface area (Å²) in [5.41, 5.74) is 0. The lowest BCUT2D eigenvalue weighted by Crippen LogP contribution is -2.13. The lowest BCUT2D eigenvalue weighted by atomic mass is 9.95. The van der Waals surface area contributed by atoms with Gasteiger partial charge < -0.3 is 9.79 Å². The van der Waals surface area contributed by atoms with E-state index in [9.17, 15) is 4.57 Å². The average Bonchev–Trinajstić information content (AvgIpc) is 2.56. The number of phosphoric ester groups is 1. The zero-order valence-corrected chi connectivity index (χ0v) is 10.3. The van der Waals surface area contributed by atoms with Crippen LogP contribution in [0, 0.1) is 17.8 Å². The van der Waals surface area contributed by atoms with Crippen molar-refractivity contribution in [2.24, 2.45) is 17.8 Å². The lowest BCUT2D eigenvalue weighted by Gasteiger charge is -2.17. The van der Waals surface area contributed by atoms with Gasteiger partial charge in [-0.3, -0.25) is 4.52 Å². The fraction of sp³-hybridized carbons (Fsp3) is 1.00. The first-order valence-electron chi connectivity index (χ1n) is 5.66. The largest absolute Gasteiger partial charge is 0.469 e. The third-order valence-electron chi connectivity index (χ3n) is 3.50. The second-order valence-corrected chi connectivity index (χ2v) is 5.70. The Kier molecular flexibility index (Phi) is 4.78. The van der Waals surface area contributed by atoms with Crippen LogP contribution in [0.1, 0.15) is 39.5 Å². The Morgan fingerprint density at radius 2 is 1.80 bits per heavy atom. The summed E-state index contributed by atoms with van der Waals surface area (Å²) in [6, 6.07) is 0. The molecule has 0 aromatic rings. The van der Waals surface area contributed by atoms with E-state index in [0.29, 0.717) is 17.8 Å². The molecule has 4 nitrogen and oxygen atoms in total. The van der Waals surface area contributed by atoms with E-state index in [2.05, 4.69) is 18.4 Å². The zero-order valence-electron chi connectivity index (χ0n) is 9.43. The minimum Gasteiger partial charge on any atom is -0.303 e. The second-order valence-electron chi connectivity index (χ2n) is 4.46. The van der Waals surface area contributed by atoms with Gasteiger partial charge in [-0.15, -0.1) is 0 Å². The maximum absolute atomic E-state index is 10.6. The first-order chi connectivity index (χ1) is 6.96. The molecule has 1 saturated carbocycles. The maximum Gasteiger partial charge on any atom is 0.469 e. The van der Waals surface area contributed by atoms with Gasteiger partial charge in [-0.2, -0.15) is 0 Å². The highest BCUT2D eigenvalue weighted by molar-refractivity contribution is 7.46. The average molecular weight is 236 g/mol. The van der Waals surface area contributed by atoms with Crippen LogP contribution in [0.2, 0.25) is 0 Å². The Balaban J connectivity index is 2.43. The lowest BCUT2D eigenvalue weighted by molar-refractivity contribution is 0.150. The Hall–Kier alpha value is 0.110. The van der Waals surface area contributed by atoms with Gasteiger partial charge in [0.25, 0.3) is 0 Å². The third-order valence-corrected chi connectivity index (χ3v) is 3.98. The predicted molar refractivity (Wildman–Crippen MR) is 58.3 cm³/mol. The second kappa shape index (κ2) is 5.44. The van der Waals surface area contributed by atoms with Crippen LogP contribution in [0.25, 0.3) is 0 Å². The van der Waals surface area contributed by atoms with Gasteiger partial charge in [-0.25, -0.2) is 4.57 Å². The van der Waals surface area contributed by atoms with E-state index in [1.54, 1.807) is 0 Å². The standard InChI is InChI=1S/C10H21O4P/c1-3-8-5-9(4-2)10(6-8)7-14-15(11,12)13/h8-10H,3-7H2,1-2H3,(H2,11,12,13). The summed E-state index contributed by atoms with van der Waals surface area (Å²) in [6.45, 7) is 4.51. The van der Waals surface area contributed by atoms with Gasteiger partial charge in [-0.05, 0) is 30.6 Å². The molecule has 0 saturated heterocycles. The van der Waals surface area contributed by atoms with Gasteiger partial charge in [0.05, 0.1) is 6.61 Å². The minimum atomic E-state index is -4.28. The molecule has 1 rings (SSSR count). The van der Waals surface area contributed by atoms with E-state index in [4.69, 9.17) is 9.79 Å². The summed E-state index contributed by atoms with van der Waals surface area (Å²) in [5.74, 6) is 1.61. The van der Waals surface area contributed by atoms with E-state index in [1.165, 1.54) is 6.42 Å². The molecule has 90 valence electrons. The zero-order chi connectivity index (χ0) is 11.5. The van der Waals surface area contributed by atoms with Crippen molar-refractivity contribution in [1.82, 2.24) is 0 Å². The van der Waals surface area contributed by atoms with Gasteiger partial charge in [0.15, 0.2) is 0 Å². The summed E-state index contributed by atoms with van der Waals surface area (Å²) >= 11 is 0. The van der Waals surface area contributed by atoms with Gasteiger partial charge in [0, 0.05) is 0 Å². The topological polar surface area (TPSA) is 66.8 Å². The molecule has 1 aliphatic carbocycles. The maximum atomic E-state index is 10.6. The molecule has 0 amide bonds. The molecule has 3 atom stereocenters. The summed E-state index contributed by atoms with van der Waals surface area (Å²) in [5, 5.41) is 0. The molecule has 0 aromatic carbocycles. The van der Waals surface area contributed by atoms with Crippen LogP contribution >= 0.6 is 7.82 Å². The predicted octanol–water partition coefficient (Wildman–Crippen LogP) is 2.56. The SMILES string of the molecule is CCC1CC(CC)C(COP(=O)(O)O)C1. The fourth-order valence-electron chi connectivity index (χ4n) is 2.57. The van der Waals surface area contributed by atoms with Crippen molar-refractivity contribution in [3.63, 3.8) is 0 Å². The minimum absolute atomic E-state index is 0.208. The molecule has 0 aromatic heterocycles. The quantitative estimate of drug-likeness (QED) is 0.720. The van der Waals surface area contributed by atoms with Crippen LogP contribution in [-0.4, -0.2) is 16.4 Å². The van der Waals surface area contributed by atoms with Crippen molar-refractivity contribution >= 4 is 7.82 Å². The van der Waals surface area contributed by atoms with Crippen LogP contribution < -0.4 is 0 Å². The normalized spacial score (nSPS) is 32.1. The van der Waals surface area contributed by atoms with Crippen LogP contribution in [-0.2, 0) is 9.09 Å². The van der Waals surface area contributed by atoms with Crippen molar-refractivity contribution in [2.75, 3.05) is 6.61 Å². The number of hydrogen-bond donors (Lipinski definition) is 2. The van der Waals surface area contributed by atoms with Crippen molar-refractivity contribution in [2.45, 2.75) is 39.5 Å². The molecule has 0 aliphatic heterocycles. The molecule has 5 heteroatoms. The highest BCUT2D eigenvalue weighted by atomic mass is 31.2. The molecule has 1 aliphatic rings. The van der Waals surface area contributed by atoms with Crippen LogP contribution in [0.3, 0.4) is 0 Å². The van der Waals surface area contributed by atoms with Gasteiger partial charge in [0.2, 0.25) is 0 Å². The van der Waals surface area contributed by atoms with Gasteiger partial charge >= 0.3 is 7.82 Å². The number of phosphoric acid groups is 1. The first kappa shape index (κ1) is 13.2. The van der Waals surface area contributed by atoms with Crippen LogP contribution in [0.15, 0.2) is 0 Å². The van der Waals surface area contributed by atoms with Crippen molar-refractivity contribution in [3.05, 3.63) is 0 Å².